The normalized spacial score (nSPS) is 23.3. The van der Waals surface area contributed by atoms with Crippen molar-refractivity contribution in [3.63, 3.8) is 0 Å². The zero-order valence-electron chi connectivity index (χ0n) is 15.7. The minimum absolute atomic E-state index is 0.0881. The SMILES string of the molecule is Cn1ccnc1CN1CCN(C(=O)NCC2C(C)(C)C2(C)C)CC1. The van der Waals surface area contributed by atoms with Crippen LogP contribution in [0.1, 0.15) is 33.5 Å². The minimum Gasteiger partial charge on any atom is -0.338 e. The van der Waals surface area contributed by atoms with E-state index in [9.17, 15) is 4.79 Å². The molecule has 134 valence electrons. The number of aromatic nitrogens is 2. The van der Waals surface area contributed by atoms with E-state index >= 15 is 0 Å². The van der Waals surface area contributed by atoms with Crippen molar-refractivity contribution in [2.24, 2.45) is 23.8 Å². The number of nitrogens with zero attached hydrogens (tertiary/aromatic N) is 4. The molecule has 3 rings (SSSR count). The van der Waals surface area contributed by atoms with Crippen molar-refractivity contribution in [1.29, 1.82) is 0 Å². The topological polar surface area (TPSA) is 53.4 Å². The number of hydrogen-bond donors (Lipinski definition) is 1. The van der Waals surface area contributed by atoms with E-state index in [0.717, 1.165) is 45.1 Å². The van der Waals surface area contributed by atoms with E-state index in [2.05, 4.69) is 47.5 Å². The Bertz CT molecular complexity index is 584. The zero-order valence-corrected chi connectivity index (χ0v) is 15.7. The molecule has 0 radical (unpaired) electrons. The number of rotatable bonds is 4. The van der Waals surface area contributed by atoms with Gasteiger partial charge in [0.25, 0.3) is 0 Å². The van der Waals surface area contributed by atoms with Crippen LogP contribution in [0.4, 0.5) is 4.79 Å². The number of piperazine rings is 1. The van der Waals surface area contributed by atoms with Gasteiger partial charge in [-0.05, 0) is 16.7 Å². The number of hydrogen-bond acceptors (Lipinski definition) is 3. The van der Waals surface area contributed by atoms with E-state index in [4.69, 9.17) is 0 Å². The predicted octanol–water partition coefficient (Wildman–Crippen LogP) is 1.93. The summed E-state index contributed by atoms with van der Waals surface area (Å²) in [5.74, 6) is 1.64. The van der Waals surface area contributed by atoms with Crippen molar-refractivity contribution in [1.82, 2.24) is 24.7 Å². The molecule has 1 aliphatic carbocycles. The Hall–Kier alpha value is -1.56. The van der Waals surface area contributed by atoms with E-state index in [1.54, 1.807) is 0 Å². The van der Waals surface area contributed by atoms with Gasteiger partial charge >= 0.3 is 6.03 Å². The summed E-state index contributed by atoms with van der Waals surface area (Å²) in [5, 5.41) is 3.15. The van der Waals surface area contributed by atoms with Gasteiger partial charge in [-0.2, -0.15) is 0 Å². The zero-order chi connectivity index (χ0) is 17.5. The average Bonchev–Trinajstić information content (AvgIpc) is 2.79. The molecule has 1 aromatic heterocycles. The Kier molecular flexibility index (Phi) is 4.36. The fourth-order valence-electron chi connectivity index (χ4n) is 4.00. The van der Waals surface area contributed by atoms with Gasteiger partial charge in [0, 0.05) is 52.2 Å². The number of urea groups is 1. The van der Waals surface area contributed by atoms with Gasteiger partial charge < -0.3 is 14.8 Å². The molecule has 1 aliphatic heterocycles. The van der Waals surface area contributed by atoms with Gasteiger partial charge in [-0.1, -0.05) is 27.7 Å². The molecule has 2 aliphatic rings. The summed E-state index contributed by atoms with van der Waals surface area (Å²) in [6.07, 6.45) is 3.81. The van der Waals surface area contributed by atoms with Crippen LogP contribution in [0.3, 0.4) is 0 Å². The summed E-state index contributed by atoms with van der Waals surface area (Å²) >= 11 is 0. The highest BCUT2D eigenvalue weighted by Crippen LogP contribution is 2.67. The number of imidazole rings is 1. The number of aryl methyl sites for hydroxylation is 1. The van der Waals surface area contributed by atoms with Crippen LogP contribution in [0, 0.1) is 16.7 Å². The maximum atomic E-state index is 12.4. The van der Waals surface area contributed by atoms with Crippen molar-refractivity contribution >= 4 is 6.03 Å². The molecule has 1 saturated heterocycles. The molecule has 0 bridgehead atoms. The Morgan fingerprint density at radius 1 is 1.21 bits per heavy atom. The molecular weight excluding hydrogens is 302 g/mol. The van der Waals surface area contributed by atoms with E-state index in [0.29, 0.717) is 16.7 Å². The van der Waals surface area contributed by atoms with Crippen LogP contribution in [0.15, 0.2) is 12.4 Å². The number of carbonyl (C=O) groups is 1. The third kappa shape index (κ3) is 3.04. The van der Waals surface area contributed by atoms with E-state index in [1.165, 1.54) is 0 Å². The van der Waals surface area contributed by atoms with E-state index in [1.807, 2.05) is 24.3 Å². The summed E-state index contributed by atoms with van der Waals surface area (Å²) in [7, 11) is 2.02. The monoisotopic (exact) mass is 333 g/mol. The predicted molar refractivity (Wildman–Crippen MR) is 94.5 cm³/mol. The van der Waals surface area contributed by atoms with Crippen LogP contribution in [-0.4, -0.2) is 58.1 Å². The maximum Gasteiger partial charge on any atom is 0.317 e. The quantitative estimate of drug-likeness (QED) is 0.916. The highest BCUT2D eigenvalue weighted by Gasteiger charge is 2.64. The summed E-state index contributed by atoms with van der Waals surface area (Å²) in [6, 6.07) is 0.0881. The van der Waals surface area contributed by atoms with Gasteiger partial charge in [-0.3, -0.25) is 4.90 Å². The van der Waals surface area contributed by atoms with E-state index in [-0.39, 0.29) is 6.03 Å². The second-order valence-corrected chi connectivity index (χ2v) is 8.40. The minimum atomic E-state index is 0.0881. The van der Waals surface area contributed by atoms with Crippen LogP contribution in [0.25, 0.3) is 0 Å². The number of nitrogens with one attached hydrogen (secondary N) is 1. The molecule has 0 aromatic carbocycles. The maximum absolute atomic E-state index is 12.4. The lowest BCUT2D eigenvalue weighted by molar-refractivity contribution is 0.132. The van der Waals surface area contributed by atoms with Gasteiger partial charge in [0.15, 0.2) is 0 Å². The molecule has 2 heterocycles. The molecule has 0 unspecified atom stereocenters. The molecule has 6 nitrogen and oxygen atoms in total. The molecule has 6 heteroatoms. The fraction of sp³-hybridized carbons (Fsp3) is 0.778. The Labute approximate surface area is 145 Å². The lowest BCUT2D eigenvalue weighted by Crippen LogP contribution is -2.52. The Morgan fingerprint density at radius 2 is 1.83 bits per heavy atom. The Balaban J connectivity index is 1.42. The Morgan fingerprint density at radius 3 is 2.33 bits per heavy atom. The summed E-state index contributed by atoms with van der Waals surface area (Å²) in [6.45, 7) is 14.2. The molecule has 1 saturated carbocycles. The van der Waals surface area contributed by atoms with E-state index < -0.39 is 0 Å². The molecule has 1 N–H and O–H groups in total. The highest BCUT2D eigenvalue weighted by molar-refractivity contribution is 5.74. The number of carbonyl (C=O) groups excluding carboxylic acids is 1. The van der Waals surface area contributed by atoms with Gasteiger partial charge in [0.2, 0.25) is 0 Å². The largest absolute Gasteiger partial charge is 0.338 e. The second kappa shape index (κ2) is 6.06. The molecule has 2 amide bonds. The first-order chi connectivity index (χ1) is 11.2. The van der Waals surface area contributed by atoms with Gasteiger partial charge in [-0.25, -0.2) is 9.78 Å². The van der Waals surface area contributed by atoms with Crippen LogP contribution >= 0.6 is 0 Å². The fourth-order valence-corrected chi connectivity index (χ4v) is 4.00. The molecular formula is C18H31N5O. The molecule has 1 aromatic rings. The van der Waals surface area contributed by atoms with Gasteiger partial charge in [0.05, 0.1) is 6.54 Å². The first kappa shape index (κ1) is 17.3. The van der Waals surface area contributed by atoms with Crippen molar-refractivity contribution in [2.45, 2.75) is 34.2 Å². The first-order valence-electron chi connectivity index (χ1n) is 8.95. The number of amides is 2. The second-order valence-electron chi connectivity index (χ2n) is 8.40. The van der Waals surface area contributed by atoms with Gasteiger partial charge in [-0.15, -0.1) is 0 Å². The molecule has 2 fully saturated rings. The van der Waals surface area contributed by atoms with Crippen molar-refractivity contribution in [2.75, 3.05) is 32.7 Å². The molecule has 0 spiro atoms. The van der Waals surface area contributed by atoms with Crippen LogP contribution < -0.4 is 5.32 Å². The standard InChI is InChI=1S/C18H31N5O/c1-17(2)14(18(17,3)4)12-20-16(24)23-10-8-22(9-11-23)13-15-19-6-7-21(15)5/h6-7,14H,8-13H2,1-5H3,(H,20,24). The van der Waals surface area contributed by atoms with Crippen LogP contribution in [0.5, 0.6) is 0 Å². The summed E-state index contributed by atoms with van der Waals surface area (Å²) < 4.78 is 2.05. The smallest absolute Gasteiger partial charge is 0.317 e. The first-order valence-corrected chi connectivity index (χ1v) is 8.95. The molecule has 0 atom stereocenters. The van der Waals surface area contributed by atoms with Crippen molar-refractivity contribution in [3.8, 4) is 0 Å². The van der Waals surface area contributed by atoms with Gasteiger partial charge in [0.1, 0.15) is 5.82 Å². The molecule has 24 heavy (non-hydrogen) atoms. The average molecular weight is 333 g/mol. The van der Waals surface area contributed by atoms with Crippen molar-refractivity contribution < 1.29 is 4.79 Å². The lowest BCUT2D eigenvalue weighted by atomic mass is 10.0. The third-order valence-electron chi connectivity index (χ3n) is 6.72. The lowest BCUT2D eigenvalue weighted by Gasteiger charge is -2.34. The highest BCUT2D eigenvalue weighted by atomic mass is 16.2. The third-order valence-corrected chi connectivity index (χ3v) is 6.72. The summed E-state index contributed by atoms with van der Waals surface area (Å²) in [4.78, 5) is 21.1. The van der Waals surface area contributed by atoms with Crippen molar-refractivity contribution in [3.05, 3.63) is 18.2 Å². The van der Waals surface area contributed by atoms with Crippen LogP contribution in [-0.2, 0) is 13.6 Å². The summed E-state index contributed by atoms with van der Waals surface area (Å²) in [5.41, 5.74) is 0.641. The van der Waals surface area contributed by atoms with Crippen LogP contribution in [0.2, 0.25) is 0 Å².